The highest BCUT2D eigenvalue weighted by atomic mass is 32.2. The first-order valence-electron chi connectivity index (χ1n) is 5.77. The second-order valence-electron chi connectivity index (χ2n) is 3.85. The van der Waals surface area contributed by atoms with Crippen LogP contribution in [0.25, 0.3) is 6.08 Å². The van der Waals surface area contributed by atoms with Crippen LogP contribution >= 0.6 is 11.8 Å². The van der Waals surface area contributed by atoms with Crippen molar-refractivity contribution in [3.8, 4) is 0 Å². The van der Waals surface area contributed by atoms with E-state index >= 15 is 0 Å². The Balaban J connectivity index is 2.33. The third-order valence-corrected chi connectivity index (χ3v) is 3.32. The minimum Gasteiger partial charge on any atom is -0.366 e. The maximum Gasteiger partial charge on any atom is 0.283 e. The smallest absolute Gasteiger partial charge is 0.283 e. The molecule has 0 radical (unpaired) electrons. The normalized spacial score (nSPS) is 10.7. The van der Waals surface area contributed by atoms with E-state index in [4.69, 9.17) is 5.73 Å². The number of primary amides is 1. The Labute approximate surface area is 124 Å². The molecule has 0 aliphatic carbocycles. The van der Waals surface area contributed by atoms with Crippen LogP contribution in [0.5, 0.6) is 0 Å². The van der Waals surface area contributed by atoms with E-state index in [1.54, 1.807) is 30.6 Å². The summed E-state index contributed by atoms with van der Waals surface area (Å²) in [5.74, 6) is -0.617. The molecule has 0 aliphatic rings. The van der Waals surface area contributed by atoms with Gasteiger partial charge in [0, 0.05) is 24.5 Å². The minimum absolute atomic E-state index is 0.0842. The van der Waals surface area contributed by atoms with E-state index in [0.29, 0.717) is 15.6 Å². The van der Waals surface area contributed by atoms with Crippen LogP contribution in [-0.4, -0.2) is 20.8 Å². The van der Waals surface area contributed by atoms with Crippen molar-refractivity contribution in [2.24, 2.45) is 5.73 Å². The van der Waals surface area contributed by atoms with Crippen molar-refractivity contribution in [1.82, 2.24) is 9.97 Å². The van der Waals surface area contributed by atoms with Crippen molar-refractivity contribution in [3.63, 3.8) is 0 Å². The maximum atomic E-state index is 11.1. The molecule has 0 spiro atoms. The largest absolute Gasteiger partial charge is 0.366 e. The van der Waals surface area contributed by atoms with Gasteiger partial charge in [0.05, 0.1) is 9.82 Å². The number of aromatic nitrogens is 2. The van der Waals surface area contributed by atoms with E-state index in [9.17, 15) is 14.9 Å². The lowest BCUT2D eigenvalue weighted by Gasteiger charge is -2.02. The third-order valence-electron chi connectivity index (χ3n) is 2.36. The fourth-order valence-electron chi connectivity index (χ4n) is 1.48. The molecule has 0 atom stereocenters. The molecule has 0 saturated heterocycles. The van der Waals surface area contributed by atoms with E-state index in [2.05, 4.69) is 9.97 Å². The van der Waals surface area contributed by atoms with E-state index in [0.717, 1.165) is 17.8 Å². The van der Waals surface area contributed by atoms with Crippen molar-refractivity contribution in [2.75, 3.05) is 0 Å². The minimum atomic E-state index is -0.617. The zero-order valence-corrected chi connectivity index (χ0v) is 11.5. The van der Waals surface area contributed by atoms with Crippen LogP contribution in [0, 0.1) is 10.1 Å². The van der Waals surface area contributed by atoms with Gasteiger partial charge < -0.3 is 5.73 Å². The summed E-state index contributed by atoms with van der Waals surface area (Å²) in [6, 6.07) is 6.26. The highest BCUT2D eigenvalue weighted by Crippen LogP contribution is 2.33. The molecule has 1 amide bonds. The Morgan fingerprint density at radius 1 is 1.33 bits per heavy atom. The maximum absolute atomic E-state index is 11.1. The lowest BCUT2D eigenvalue weighted by molar-refractivity contribution is -0.387. The number of rotatable bonds is 5. The lowest BCUT2D eigenvalue weighted by atomic mass is 10.2. The van der Waals surface area contributed by atoms with Gasteiger partial charge >= 0.3 is 0 Å². The zero-order chi connectivity index (χ0) is 15.2. The fourth-order valence-corrected chi connectivity index (χ4v) is 2.28. The molecule has 0 fully saturated rings. The average Bonchev–Trinajstić information content (AvgIpc) is 2.47. The molecule has 0 saturated carbocycles. The summed E-state index contributed by atoms with van der Waals surface area (Å²) in [6.07, 6.45) is 5.69. The summed E-state index contributed by atoms with van der Waals surface area (Å²) in [6.45, 7) is 0. The number of nitrogens with zero attached hydrogens (tertiary/aromatic N) is 3. The van der Waals surface area contributed by atoms with Gasteiger partial charge in [-0.3, -0.25) is 14.9 Å². The molecule has 1 heterocycles. The summed E-state index contributed by atoms with van der Waals surface area (Å²) in [4.78, 5) is 29.8. The van der Waals surface area contributed by atoms with E-state index in [1.165, 1.54) is 12.1 Å². The number of nitro groups is 1. The molecule has 7 nitrogen and oxygen atoms in total. The molecule has 0 unspecified atom stereocenters. The van der Waals surface area contributed by atoms with Gasteiger partial charge in [-0.15, -0.1) is 0 Å². The zero-order valence-electron chi connectivity index (χ0n) is 10.7. The monoisotopic (exact) mass is 302 g/mol. The first-order chi connectivity index (χ1) is 10.1. The highest BCUT2D eigenvalue weighted by Gasteiger charge is 2.16. The van der Waals surface area contributed by atoms with Gasteiger partial charge in [-0.05, 0) is 35.5 Å². The van der Waals surface area contributed by atoms with Crippen LogP contribution in [0.3, 0.4) is 0 Å². The molecule has 21 heavy (non-hydrogen) atoms. The van der Waals surface area contributed by atoms with Gasteiger partial charge in [0.2, 0.25) is 5.91 Å². The fraction of sp³-hybridized carbons (Fsp3) is 0. The van der Waals surface area contributed by atoms with Gasteiger partial charge in [0.15, 0.2) is 5.16 Å². The second-order valence-corrected chi connectivity index (χ2v) is 4.86. The van der Waals surface area contributed by atoms with Crippen molar-refractivity contribution in [3.05, 3.63) is 58.4 Å². The van der Waals surface area contributed by atoms with Crippen molar-refractivity contribution in [2.45, 2.75) is 10.1 Å². The molecule has 1 aromatic heterocycles. The Morgan fingerprint density at radius 2 is 2.05 bits per heavy atom. The summed E-state index contributed by atoms with van der Waals surface area (Å²) >= 11 is 1.10. The Morgan fingerprint density at radius 3 is 2.67 bits per heavy atom. The number of benzene rings is 1. The number of carbonyl (C=O) groups is 1. The number of nitro benzene ring substituents is 1. The van der Waals surface area contributed by atoms with E-state index < -0.39 is 10.8 Å². The van der Waals surface area contributed by atoms with Gasteiger partial charge in [-0.2, -0.15) is 0 Å². The van der Waals surface area contributed by atoms with Crippen LogP contribution in [0.2, 0.25) is 0 Å². The molecule has 0 aliphatic heterocycles. The molecule has 2 aromatic rings. The van der Waals surface area contributed by atoms with Crippen molar-refractivity contribution in [1.29, 1.82) is 0 Å². The van der Waals surface area contributed by atoms with Crippen LogP contribution in [0.4, 0.5) is 5.69 Å². The SMILES string of the molecule is NC(=O)/C=C\c1ccc(Sc2ncccn2)c([N+](=O)[O-])c1. The van der Waals surface area contributed by atoms with Crippen molar-refractivity contribution < 1.29 is 9.72 Å². The van der Waals surface area contributed by atoms with Gasteiger partial charge in [-0.1, -0.05) is 6.07 Å². The summed E-state index contributed by atoms with van der Waals surface area (Å²) < 4.78 is 0. The molecule has 2 N–H and O–H groups in total. The Bertz CT molecular complexity index is 704. The summed E-state index contributed by atoms with van der Waals surface area (Å²) in [7, 11) is 0. The highest BCUT2D eigenvalue weighted by molar-refractivity contribution is 7.99. The quantitative estimate of drug-likeness (QED) is 0.391. The predicted octanol–water partition coefficient (Wildman–Crippen LogP) is 2.03. The first-order valence-corrected chi connectivity index (χ1v) is 6.59. The number of hydrogen-bond acceptors (Lipinski definition) is 6. The Kier molecular flexibility index (Phi) is 4.62. The van der Waals surface area contributed by atoms with E-state index in [-0.39, 0.29) is 5.69 Å². The average molecular weight is 302 g/mol. The number of carbonyl (C=O) groups excluding carboxylic acids is 1. The molecule has 0 bridgehead atoms. The van der Waals surface area contributed by atoms with Crippen LogP contribution in [-0.2, 0) is 4.79 Å². The number of hydrogen-bond donors (Lipinski definition) is 1. The number of amides is 1. The topological polar surface area (TPSA) is 112 Å². The first kappa shape index (κ1) is 14.7. The van der Waals surface area contributed by atoms with E-state index in [1.807, 2.05) is 0 Å². The summed E-state index contributed by atoms with van der Waals surface area (Å²) in [5.41, 5.74) is 5.42. The molecular formula is C13H10N4O3S. The molecular weight excluding hydrogens is 292 g/mol. The summed E-state index contributed by atoms with van der Waals surface area (Å²) in [5, 5.41) is 11.6. The third kappa shape index (κ3) is 4.11. The predicted molar refractivity (Wildman–Crippen MR) is 77.5 cm³/mol. The Hall–Kier alpha value is -2.74. The molecule has 2 rings (SSSR count). The van der Waals surface area contributed by atoms with Gasteiger partial charge in [0.25, 0.3) is 5.69 Å². The standard InChI is InChI=1S/C13H10N4O3S/c14-12(18)5-3-9-2-4-11(10(8-9)17(19)20)21-13-15-6-1-7-16-13/h1-8H,(H2,14,18)/b5-3-. The molecule has 8 heteroatoms. The molecule has 106 valence electrons. The van der Waals surface area contributed by atoms with Crippen LogP contribution in [0.1, 0.15) is 5.56 Å². The van der Waals surface area contributed by atoms with Gasteiger partial charge in [-0.25, -0.2) is 9.97 Å². The number of nitrogens with two attached hydrogens (primary N) is 1. The lowest BCUT2D eigenvalue weighted by Crippen LogP contribution is -2.05. The van der Waals surface area contributed by atoms with Crippen molar-refractivity contribution >= 4 is 29.4 Å². The van der Waals surface area contributed by atoms with Crippen LogP contribution in [0.15, 0.2) is 52.8 Å². The van der Waals surface area contributed by atoms with Crippen LogP contribution < -0.4 is 5.73 Å². The second kappa shape index (κ2) is 6.62. The molecule has 1 aromatic carbocycles. The van der Waals surface area contributed by atoms with Gasteiger partial charge in [0.1, 0.15) is 0 Å².